The molecule has 0 aliphatic rings. The highest BCUT2D eigenvalue weighted by Crippen LogP contribution is 2.27. The lowest BCUT2D eigenvalue weighted by Crippen LogP contribution is -2.17. The molecule has 2 rings (SSSR count). The average molecular weight is 245 g/mol. The third-order valence-electron chi connectivity index (χ3n) is 2.89. The minimum Gasteiger partial charge on any atom is -0.392 e. The minimum absolute atomic E-state index is 0.0199. The van der Waals surface area contributed by atoms with Crippen molar-refractivity contribution >= 4 is 11.4 Å². The second-order valence-electron chi connectivity index (χ2n) is 4.02. The molecule has 0 aliphatic heterocycles. The topological polar surface area (TPSA) is 23.5 Å². The van der Waals surface area contributed by atoms with E-state index in [2.05, 4.69) is 0 Å². The van der Waals surface area contributed by atoms with E-state index in [1.165, 1.54) is 6.07 Å². The smallest absolute Gasteiger partial charge is 0.146 e. The van der Waals surface area contributed by atoms with Crippen LogP contribution in [-0.2, 0) is 6.61 Å². The van der Waals surface area contributed by atoms with Crippen LogP contribution in [0.4, 0.5) is 15.8 Å². The monoisotopic (exact) mass is 245 g/mol. The molecule has 18 heavy (non-hydrogen) atoms. The third kappa shape index (κ3) is 2.51. The highest BCUT2D eigenvalue weighted by atomic mass is 19.1. The van der Waals surface area contributed by atoms with Crippen LogP contribution in [0, 0.1) is 5.82 Å². The Morgan fingerprint density at radius 2 is 1.72 bits per heavy atom. The van der Waals surface area contributed by atoms with Crippen LogP contribution < -0.4 is 4.90 Å². The van der Waals surface area contributed by atoms with Gasteiger partial charge in [-0.1, -0.05) is 24.3 Å². The Bertz CT molecular complexity index is 510. The summed E-state index contributed by atoms with van der Waals surface area (Å²) in [5, 5.41) is 9.01. The normalized spacial score (nSPS) is 10.4. The SMILES string of the molecule is CCN(c1ccc(CO)cc1)c1ccccc1F. The summed E-state index contributed by atoms with van der Waals surface area (Å²) in [5.41, 5.74) is 2.33. The van der Waals surface area contributed by atoms with Crippen molar-refractivity contribution in [3.05, 3.63) is 59.9 Å². The van der Waals surface area contributed by atoms with Gasteiger partial charge in [-0.3, -0.25) is 0 Å². The van der Waals surface area contributed by atoms with E-state index < -0.39 is 0 Å². The summed E-state index contributed by atoms with van der Waals surface area (Å²) in [6.45, 7) is 2.68. The summed E-state index contributed by atoms with van der Waals surface area (Å²) in [6.07, 6.45) is 0. The van der Waals surface area contributed by atoms with Crippen molar-refractivity contribution in [2.24, 2.45) is 0 Å². The van der Waals surface area contributed by atoms with Gasteiger partial charge in [0, 0.05) is 12.2 Å². The van der Waals surface area contributed by atoms with E-state index in [1.54, 1.807) is 12.1 Å². The van der Waals surface area contributed by atoms with Crippen LogP contribution >= 0.6 is 0 Å². The molecule has 0 aromatic heterocycles. The van der Waals surface area contributed by atoms with Gasteiger partial charge in [-0.2, -0.15) is 0 Å². The molecule has 0 bridgehead atoms. The summed E-state index contributed by atoms with van der Waals surface area (Å²) >= 11 is 0. The van der Waals surface area contributed by atoms with Crippen molar-refractivity contribution in [1.82, 2.24) is 0 Å². The minimum atomic E-state index is -0.231. The van der Waals surface area contributed by atoms with Crippen LogP contribution in [0.25, 0.3) is 0 Å². The molecule has 3 heteroatoms. The maximum atomic E-state index is 13.8. The number of aliphatic hydroxyl groups is 1. The first-order valence-electron chi connectivity index (χ1n) is 5.98. The molecule has 2 aromatic rings. The number of hydrogen-bond donors (Lipinski definition) is 1. The predicted molar refractivity (Wildman–Crippen MR) is 71.4 cm³/mol. The number of rotatable bonds is 4. The third-order valence-corrected chi connectivity index (χ3v) is 2.89. The van der Waals surface area contributed by atoms with E-state index in [0.29, 0.717) is 12.2 Å². The summed E-state index contributed by atoms with van der Waals surface area (Å²) in [6, 6.07) is 14.2. The molecule has 0 heterocycles. The summed E-state index contributed by atoms with van der Waals surface area (Å²) in [7, 11) is 0. The van der Waals surface area contributed by atoms with Gasteiger partial charge >= 0.3 is 0 Å². The van der Waals surface area contributed by atoms with Crippen LogP contribution in [0.2, 0.25) is 0 Å². The number of nitrogens with zero attached hydrogens (tertiary/aromatic N) is 1. The molecule has 0 amide bonds. The van der Waals surface area contributed by atoms with Gasteiger partial charge in [-0.05, 0) is 36.8 Å². The number of anilines is 2. The van der Waals surface area contributed by atoms with Crippen molar-refractivity contribution in [3.63, 3.8) is 0 Å². The first kappa shape index (κ1) is 12.6. The van der Waals surface area contributed by atoms with E-state index in [4.69, 9.17) is 5.11 Å². The molecule has 0 unspecified atom stereocenters. The summed E-state index contributed by atoms with van der Waals surface area (Å²) in [5.74, 6) is -0.231. The van der Waals surface area contributed by atoms with Gasteiger partial charge in [0.05, 0.1) is 12.3 Å². The lowest BCUT2D eigenvalue weighted by Gasteiger charge is -2.23. The molecule has 94 valence electrons. The zero-order chi connectivity index (χ0) is 13.0. The van der Waals surface area contributed by atoms with Gasteiger partial charge in [0.15, 0.2) is 0 Å². The fourth-order valence-electron chi connectivity index (χ4n) is 1.94. The fourth-order valence-corrected chi connectivity index (χ4v) is 1.94. The number of benzene rings is 2. The Kier molecular flexibility index (Phi) is 3.95. The van der Waals surface area contributed by atoms with Gasteiger partial charge in [0.1, 0.15) is 5.82 Å². The zero-order valence-electron chi connectivity index (χ0n) is 10.3. The van der Waals surface area contributed by atoms with Crippen molar-refractivity contribution in [3.8, 4) is 0 Å². The largest absolute Gasteiger partial charge is 0.392 e. The van der Waals surface area contributed by atoms with Crippen LogP contribution in [0.3, 0.4) is 0 Å². The Morgan fingerprint density at radius 1 is 1.06 bits per heavy atom. The molecular formula is C15H16FNO. The number of hydrogen-bond acceptors (Lipinski definition) is 2. The molecule has 2 nitrogen and oxygen atoms in total. The molecule has 0 spiro atoms. The van der Waals surface area contributed by atoms with Gasteiger partial charge in [-0.15, -0.1) is 0 Å². The van der Waals surface area contributed by atoms with Crippen LogP contribution in [0.15, 0.2) is 48.5 Å². The van der Waals surface area contributed by atoms with Gasteiger partial charge < -0.3 is 10.0 Å². The summed E-state index contributed by atoms with van der Waals surface area (Å²) < 4.78 is 13.8. The molecule has 1 N–H and O–H groups in total. The van der Waals surface area contributed by atoms with Crippen LogP contribution in [0.5, 0.6) is 0 Å². The second kappa shape index (κ2) is 5.65. The van der Waals surface area contributed by atoms with E-state index in [9.17, 15) is 4.39 Å². The van der Waals surface area contributed by atoms with E-state index >= 15 is 0 Å². The molecule has 0 saturated carbocycles. The lowest BCUT2D eigenvalue weighted by molar-refractivity contribution is 0.282. The highest BCUT2D eigenvalue weighted by Gasteiger charge is 2.10. The van der Waals surface area contributed by atoms with Crippen molar-refractivity contribution in [2.45, 2.75) is 13.5 Å². The highest BCUT2D eigenvalue weighted by molar-refractivity contribution is 5.63. The summed E-state index contributed by atoms with van der Waals surface area (Å²) in [4.78, 5) is 1.90. The number of para-hydroxylation sites is 1. The molecule has 0 fully saturated rings. The Labute approximate surface area is 106 Å². The fraction of sp³-hybridized carbons (Fsp3) is 0.200. The van der Waals surface area contributed by atoms with Crippen LogP contribution in [-0.4, -0.2) is 11.7 Å². The molecule has 0 aliphatic carbocycles. The van der Waals surface area contributed by atoms with E-state index in [-0.39, 0.29) is 12.4 Å². The van der Waals surface area contributed by atoms with Gasteiger partial charge in [0.25, 0.3) is 0 Å². The van der Waals surface area contributed by atoms with E-state index in [1.807, 2.05) is 42.2 Å². The maximum absolute atomic E-state index is 13.8. The van der Waals surface area contributed by atoms with Crippen LogP contribution in [0.1, 0.15) is 12.5 Å². The first-order valence-corrected chi connectivity index (χ1v) is 5.98. The van der Waals surface area contributed by atoms with Gasteiger partial charge in [0.2, 0.25) is 0 Å². The zero-order valence-corrected chi connectivity index (χ0v) is 10.3. The Hall–Kier alpha value is -1.87. The maximum Gasteiger partial charge on any atom is 0.146 e. The molecular weight excluding hydrogens is 229 g/mol. The lowest BCUT2D eigenvalue weighted by atomic mass is 10.2. The molecule has 0 atom stereocenters. The quantitative estimate of drug-likeness (QED) is 0.891. The van der Waals surface area contributed by atoms with Crippen molar-refractivity contribution in [1.29, 1.82) is 0 Å². The van der Waals surface area contributed by atoms with Crippen molar-refractivity contribution < 1.29 is 9.50 Å². The molecule has 0 radical (unpaired) electrons. The standard InChI is InChI=1S/C15H16FNO/c1-2-17(15-6-4-3-5-14(15)16)13-9-7-12(11-18)8-10-13/h3-10,18H,2,11H2,1H3. The number of aliphatic hydroxyl groups excluding tert-OH is 1. The van der Waals surface area contributed by atoms with Gasteiger partial charge in [-0.25, -0.2) is 4.39 Å². The Morgan fingerprint density at radius 3 is 2.28 bits per heavy atom. The van der Waals surface area contributed by atoms with E-state index in [0.717, 1.165) is 11.3 Å². The predicted octanol–water partition coefficient (Wildman–Crippen LogP) is 3.48. The average Bonchev–Trinajstić information content (AvgIpc) is 2.42. The second-order valence-corrected chi connectivity index (χ2v) is 4.02. The van der Waals surface area contributed by atoms with Crippen molar-refractivity contribution in [2.75, 3.05) is 11.4 Å². The Balaban J connectivity index is 2.36. The molecule has 0 saturated heterocycles. The molecule has 2 aromatic carbocycles. The number of halogens is 1. The first-order chi connectivity index (χ1) is 8.76.